The van der Waals surface area contributed by atoms with Gasteiger partial charge in [0.25, 0.3) is 0 Å². The summed E-state index contributed by atoms with van der Waals surface area (Å²) < 4.78 is 14.1. The van der Waals surface area contributed by atoms with E-state index in [0.717, 1.165) is 31.7 Å². The van der Waals surface area contributed by atoms with Crippen molar-refractivity contribution in [1.29, 1.82) is 0 Å². The number of piperazine rings is 1. The summed E-state index contributed by atoms with van der Waals surface area (Å²) in [6.45, 7) is 3.30. The predicted octanol–water partition coefficient (Wildman–Crippen LogP) is 4.75. The van der Waals surface area contributed by atoms with Gasteiger partial charge in [-0.1, -0.05) is 48.5 Å². The molecule has 0 amide bonds. The van der Waals surface area contributed by atoms with Crippen molar-refractivity contribution in [2.45, 2.75) is 6.04 Å². The third kappa shape index (κ3) is 3.75. The first-order valence-electron chi connectivity index (χ1n) is 8.29. The number of alkyl halides is 1. The van der Waals surface area contributed by atoms with Crippen molar-refractivity contribution in [3.8, 4) is 0 Å². The molecular formula is C20H23Cl2FN2. The summed E-state index contributed by atoms with van der Waals surface area (Å²) in [5, 5.41) is 8.08. The number of rotatable bonds is 3. The summed E-state index contributed by atoms with van der Waals surface area (Å²) in [5.74, 6) is 0. The maximum atomic E-state index is 14.1. The molecule has 25 heavy (non-hydrogen) atoms. The molecule has 1 N–H and O–H groups in total. The van der Waals surface area contributed by atoms with Crippen LogP contribution in [0.5, 0.6) is 0 Å². The van der Waals surface area contributed by atoms with Crippen LogP contribution in [0.15, 0.2) is 54.6 Å². The molecule has 1 heterocycles. The highest BCUT2D eigenvalue weighted by Crippen LogP contribution is 2.35. The van der Waals surface area contributed by atoms with Crippen molar-refractivity contribution >= 4 is 46.4 Å². The van der Waals surface area contributed by atoms with Crippen molar-refractivity contribution in [2.75, 3.05) is 32.9 Å². The van der Waals surface area contributed by atoms with Crippen LogP contribution < -0.4 is 5.32 Å². The van der Waals surface area contributed by atoms with Crippen LogP contribution in [0, 0.1) is 0 Å². The molecule has 0 spiro atoms. The summed E-state index contributed by atoms with van der Waals surface area (Å²) in [5.41, 5.74) is 1.14. The van der Waals surface area contributed by atoms with Crippen LogP contribution in [-0.4, -0.2) is 37.8 Å². The second-order valence-corrected chi connectivity index (χ2v) is 6.19. The Morgan fingerprint density at radius 1 is 0.880 bits per heavy atom. The molecule has 2 nitrogen and oxygen atoms in total. The van der Waals surface area contributed by atoms with E-state index in [1.165, 1.54) is 21.5 Å². The number of nitrogens with zero attached hydrogens (tertiary/aromatic N) is 1. The van der Waals surface area contributed by atoms with Crippen molar-refractivity contribution in [3.63, 3.8) is 0 Å². The average Bonchev–Trinajstić information content (AvgIpc) is 2.62. The van der Waals surface area contributed by atoms with Gasteiger partial charge in [0.2, 0.25) is 0 Å². The SMILES string of the molecule is Cl.Cl.FC[C@H](c1c2ccccc2cc2ccccc12)N1CCNCC1. The monoisotopic (exact) mass is 380 g/mol. The van der Waals surface area contributed by atoms with Gasteiger partial charge >= 0.3 is 0 Å². The quantitative estimate of drug-likeness (QED) is 0.659. The normalized spacial score (nSPS) is 16.2. The van der Waals surface area contributed by atoms with Gasteiger partial charge in [-0.2, -0.15) is 0 Å². The fraction of sp³-hybridized carbons (Fsp3) is 0.300. The lowest BCUT2D eigenvalue weighted by Crippen LogP contribution is -2.45. The van der Waals surface area contributed by atoms with Gasteiger partial charge in [0, 0.05) is 26.2 Å². The van der Waals surface area contributed by atoms with Crippen molar-refractivity contribution < 1.29 is 4.39 Å². The molecule has 1 aliphatic rings. The molecule has 134 valence electrons. The second-order valence-electron chi connectivity index (χ2n) is 6.19. The van der Waals surface area contributed by atoms with E-state index < -0.39 is 0 Å². The standard InChI is InChI=1S/C20H21FN2.2ClH/c21-14-19(23-11-9-22-10-12-23)20-17-7-3-1-5-15(17)13-16-6-2-4-8-18(16)20;;/h1-8,13,19,22H,9-12,14H2;2*1H/t19-;;/m1../s1. The largest absolute Gasteiger partial charge is 0.314 e. The zero-order valence-electron chi connectivity index (χ0n) is 14.0. The first-order chi connectivity index (χ1) is 11.4. The van der Waals surface area contributed by atoms with Crippen LogP contribution in [0.3, 0.4) is 0 Å². The van der Waals surface area contributed by atoms with Crippen LogP contribution in [-0.2, 0) is 0 Å². The third-order valence-corrected chi connectivity index (χ3v) is 4.88. The highest BCUT2D eigenvalue weighted by molar-refractivity contribution is 6.02. The molecule has 0 radical (unpaired) electrons. The molecule has 1 saturated heterocycles. The minimum Gasteiger partial charge on any atom is -0.314 e. The molecular weight excluding hydrogens is 358 g/mol. The third-order valence-electron chi connectivity index (χ3n) is 4.88. The molecule has 4 rings (SSSR count). The maximum Gasteiger partial charge on any atom is 0.109 e. The Morgan fingerprint density at radius 2 is 1.40 bits per heavy atom. The molecule has 0 saturated carbocycles. The minimum absolute atomic E-state index is 0. The summed E-state index contributed by atoms with van der Waals surface area (Å²) in [4.78, 5) is 2.28. The van der Waals surface area contributed by atoms with Gasteiger partial charge in [-0.3, -0.25) is 4.90 Å². The molecule has 3 aromatic carbocycles. The van der Waals surface area contributed by atoms with Crippen LogP contribution in [0.4, 0.5) is 4.39 Å². The summed E-state index contributed by atoms with van der Waals surface area (Å²) in [6.07, 6.45) is 0. The van der Waals surface area contributed by atoms with Crippen molar-refractivity contribution in [2.24, 2.45) is 0 Å². The number of halogens is 3. The van der Waals surface area contributed by atoms with E-state index in [1.54, 1.807) is 0 Å². The van der Waals surface area contributed by atoms with Crippen LogP contribution in [0.1, 0.15) is 11.6 Å². The average molecular weight is 381 g/mol. The predicted molar refractivity (Wildman–Crippen MR) is 109 cm³/mol. The fourth-order valence-electron chi connectivity index (χ4n) is 3.76. The van der Waals surface area contributed by atoms with Gasteiger partial charge in [0.1, 0.15) is 6.67 Å². The Labute approximate surface area is 160 Å². The molecule has 0 aliphatic carbocycles. The van der Waals surface area contributed by atoms with Gasteiger partial charge in [0.05, 0.1) is 6.04 Å². The molecule has 1 atom stereocenters. The molecule has 0 aromatic heterocycles. The molecule has 1 fully saturated rings. The van der Waals surface area contributed by atoms with Crippen molar-refractivity contribution in [3.05, 3.63) is 60.2 Å². The first-order valence-corrected chi connectivity index (χ1v) is 8.29. The van der Waals surface area contributed by atoms with E-state index >= 15 is 0 Å². The summed E-state index contributed by atoms with van der Waals surface area (Å²) >= 11 is 0. The molecule has 5 heteroatoms. The lowest BCUT2D eigenvalue weighted by atomic mass is 9.91. The topological polar surface area (TPSA) is 15.3 Å². The number of hydrogen-bond acceptors (Lipinski definition) is 2. The Morgan fingerprint density at radius 3 is 1.92 bits per heavy atom. The fourth-order valence-corrected chi connectivity index (χ4v) is 3.76. The zero-order chi connectivity index (χ0) is 15.6. The summed E-state index contributed by atoms with van der Waals surface area (Å²) in [7, 11) is 0. The van der Waals surface area contributed by atoms with E-state index in [4.69, 9.17) is 0 Å². The Balaban J connectivity index is 0.00000113. The molecule has 0 bridgehead atoms. The molecule has 1 aliphatic heterocycles. The van der Waals surface area contributed by atoms with E-state index in [9.17, 15) is 4.39 Å². The van der Waals surface area contributed by atoms with Gasteiger partial charge in [-0.15, -0.1) is 24.8 Å². The van der Waals surface area contributed by atoms with Gasteiger partial charge in [-0.25, -0.2) is 4.39 Å². The lowest BCUT2D eigenvalue weighted by Gasteiger charge is -2.34. The van der Waals surface area contributed by atoms with Crippen LogP contribution in [0.25, 0.3) is 21.5 Å². The zero-order valence-corrected chi connectivity index (χ0v) is 15.6. The lowest BCUT2D eigenvalue weighted by molar-refractivity contribution is 0.149. The number of nitrogens with one attached hydrogen (secondary N) is 1. The highest BCUT2D eigenvalue weighted by Gasteiger charge is 2.25. The van der Waals surface area contributed by atoms with Gasteiger partial charge in [-0.05, 0) is 33.2 Å². The smallest absolute Gasteiger partial charge is 0.109 e. The van der Waals surface area contributed by atoms with E-state index in [1.807, 2.05) is 12.1 Å². The highest BCUT2D eigenvalue weighted by atomic mass is 35.5. The van der Waals surface area contributed by atoms with Gasteiger partial charge in [0.15, 0.2) is 0 Å². The number of fused-ring (bicyclic) bond motifs is 2. The minimum atomic E-state index is -0.349. The van der Waals surface area contributed by atoms with Gasteiger partial charge < -0.3 is 5.32 Å². The Bertz CT molecular complexity index is 780. The van der Waals surface area contributed by atoms with Crippen molar-refractivity contribution in [1.82, 2.24) is 10.2 Å². The Kier molecular flexibility index (Phi) is 7.03. The number of benzene rings is 3. The van der Waals surface area contributed by atoms with E-state index in [2.05, 4.69) is 52.7 Å². The first kappa shape index (κ1) is 19.9. The Hall–Kier alpha value is -1.39. The maximum absolute atomic E-state index is 14.1. The number of hydrogen-bond donors (Lipinski definition) is 1. The van der Waals surface area contributed by atoms with E-state index in [0.29, 0.717) is 0 Å². The van der Waals surface area contributed by atoms with E-state index in [-0.39, 0.29) is 37.5 Å². The van der Waals surface area contributed by atoms with Crippen LogP contribution in [0.2, 0.25) is 0 Å². The molecule has 0 unspecified atom stereocenters. The molecule has 3 aromatic rings. The van der Waals surface area contributed by atoms with Crippen LogP contribution >= 0.6 is 24.8 Å². The summed E-state index contributed by atoms with van der Waals surface area (Å²) in [6, 6.07) is 18.7. The second kappa shape index (κ2) is 8.81.